The first-order valence-electron chi connectivity index (χ1n) is 14.6. The molecule has 0 bridgehead atoms. The molecular weight excluding hydrogens is 724 g/mol. The Hall–Kier alpha value is -4.29. The predicted molar refractivity (Wildman–Crippen MR) is 184 cm³/mol. The largest absolute Gasteiger partial charge is 0.496 e. The van der Waals surface area contributed by atoms with Gasteiger partial charge in [-0.1, -0.05) is 82.5 Å². The van der Waals surface area contributed by atoms with Crippen molar-refractivity contribution >= 4 is 69.0 Å². The third-order valence-corrected chi connectivity index (χ3v) is 9.61. The number of ether oxygens (including phenoxy) is 3. The molecule has 0 N–H and O–H groups in total. The maximum Gasteiger partial charge on any atom is 0.434 e. The Morgan fingerprint density at radius 2 is 1.76 bits per heavy atom. The van der Waals surface area contributed by atoms with Gasteiger partial charge in [0.05, 0.1) is 33.9 Å². The zero-order valence-corrected chi connectivity index (χ0v) is 28.7. The maximum atomic E-state index is 14.8. The van der Waals surface area contributed by atoms with E-state index in [1.165, 1.54) is 20.1 Å². The van der Waals surface area contributed by atoms with Crippen LogP contribution in [0.2, 0.25) is 15.1 Å². The number of nitrogens with zero attached hydrogens (tertiary/aromatic N) is 2. The van der Waals surface area contributed by atoms with Crippen molar-refractivity contribution < 1.29 is 32.2 Å². The Morgan fingerprint density at radius 3 is 2.47 bits per heavy atom. The summed E-state index contributed by atoms with van der Waals surface area (Å²) in [5, 5.41) is 2.17. The molecule has 1 aromatic heterocycles. The average Bonchev–Trinajstić information content (AvgIpc) is 3.38. The van der Waals surface area contributed by atoms with E-state index in [2.05, 4.69) is 4.99 Å². The zero-order chi connectivity index (χ0) is 35.0. The Labute approximate surface area is 296 Å². The molecule has 0 fully saturated rings. The molecular formula is C35H24Cl3F3N2O5S. The topological polar surface area (TPSA) is 79.1 Å². The summed E-state index contributed by atoms with van der Waals surface area (Å²) in [7, 11) is 1.36. The number of allylic oxidation sites excluding steroid dienone is 1. The van der Waals surface area contributed by atoms with E-state index in [4.69, 9.17) is 49.0 Å². The van der Waals surface area contributed by atoms with Gasteiger partial charge < -0.3 is 14.2 Å². The molecule has 0 saturated carbocycles. The zero-order valence-electron chi connectivity index (χ0n) is 25.6. The fraction of sp³-hybridized carbons (Fsp3) is 0.171. The summed E-state index contributed by atoms with van der Waals surface area (Å²) in [5.74, 6) is -0.770. The molecule has 5 aromatic rings. The molecule has 4 aromatic carbocycles. The van der Waals surface area contributed by atoms with E-state index in [0.29, 0.717) is 42.7 Å². The van der Waals surface area contributed by atoms with E-state index < -0.39 is 35.0 Å². The van der Waals surface area contributed by atoms with E-state index >= 15 is 0 Å². The minimum Gasteiger partial charge on any atom is -0.496 e. The van der Waals surface area contributed by atoms with Crippen molar-refractivity contribution in [3.8, 4) is 11.5 Å². The van der Waals surface area contributed by atoms with Gasteiger partial charge in [-0.15, -0.1) is 0 Å². The number of alkyl halides is 3. The van der Waals surface area contributed by atoms with Gasteiger partial charge in [0, 0.05) is 16.1 Å². The normalized spacial score (nSPS) is 14.9. The number of fused-ring (bicyclic) bond motifs is 2. The highest BCUT2D eigenvalue weighted by molar-refractivity contribution is 7.07. The highest BCUT2D eigenvalue weighted by Crippen LogP contribution is 2.43. The van der Waals surface area contributed by atoms with Crippen molar-refractivity contribution in [1.29, 1.82) is 0 Å². The summed E-state index contributed by atoms with van der Waals surface area (Å²) >= 11 is 19.2. The fourth-order valence-corrected chi connectivity index (χ4v) is 7.04. The molecule has 6 rings (SSSR count). The highest BCUT2D eigenvalue weighted by Gasteiger charge is 2.46. The smallest absolute Gasteiger partial charge is 0.434 e. The third-order valence-electron chi connectivity index (χ3n) is 7.66. The van der Waals surface area contributed by atoms with Crippen LogP contribution in [0.25, 0.3) is 16.8 Å². The van der Waals surface area contributed by atoms with Gasteiger partial charge in [-0.2, -0.15) is 13.2 Å². The van der Waals surface area contributed by atoms with Gasteiger partial charge in [0.1, 0.15) is 24.1 Å². The van der Waals surface area contributed by atoms with Gasteiger partial charge in [0.25, 0.3) is 5.56 Å². The summed E-state index contributed by atoms with van der Waals surface area (Å²) in [6.07, 6.45) is -3.62. The second-order valence-electron chi connectivity index (χ2n) is 10.7. The summed E-state index contributed by atoms with van der Waals surface area (Å²) in [6.45, 7) is 1.34. The van der Waals surface area contributed by atoms with Crippen molar-refractivity contribution in [3.05, 3.63) is 136 Å². The van der Waals surface area contributed by atoms with E-state index in [9.17, 15) is 22.8 Å². The molecule has 252 valence electrons. The molecule has 0 saturated heterocycles. The highest BCUT2D eigenvalue weighted by atomic mass is 35.5. The van der Waals surface area contributed by atoms with E-state index in [-0.39, 0.29) is 33.9 Å². The van der Waals surface area contributed by atoms with Crippen LogP contribution in [0.15, 0.2) is 93.9 Å². The lowest BCUT2D eigenvalue weighted by Crippen LogP contribution is -2.41. The molecule has 0 amide bonds. The molecule has 0 unspecified atom stereocenters. The number of hydrogen-bond donors (Lipinski definition) is 0. The van der Waals surface area contributed by atoms with Crippen LogP contribution in [-0.4, -0.2) is 30.4 Å². The van der Waals surface area contributed by atoms with Crippen molar-refractivity contribution in [2.45, 2.75) is 25.7 Å². The quantitative estimate of drug-likeness (QED) is 0.150. The number of hydrogen-bond acceptors (Lipinski definition) is 7. The van der Waals surface area contributed by atoms with Crippen LogP contribution in [-0.2, 0) is 16.1 Å². The van der Waals surface area contributed by atoms with Gasteiger partial charge in [-0.05, 0) is 65.7 Å². The lowest BCUT2D eigenvalue weighted by molar-refractivity contribution is -0.140. The van der Waals surface area contributed by atoms with Crippen LogP contribution in [0.3, 0.4) is 0 Å². The minimum absolute atomic E-state index is 0.0104. The molecule has 0 radical (unpaired) electrons. The Kier molecular flexibility index (Phi) is 9.81. The lowest BCUT2D eigenvalue weighted by atomic mass is 9.90. The molecule has 0 spiro atoms. The SMILES string of the molecule is CCOC(=O)C1=C(C(F)(F)F)N=c2s/c(=C\c3cc(Cl)ccc3OCc3ccc(Cl)c(Cl)c3)c(=O)n2[C@H]1c1c(OC)ccc2ccccc12. The Balaban J connectivity index is 1.59. The van der Waals surface area contributed by atoms with Gasteiger partial charge in [0.2, 0.25) is 0 Å². The summed E-state index contributed by atoms with van der Waals surface area (Å²) in [4.78, 5) is 31.4. The molecule has 1 aliphatic heterocycles. The second-order valence-corrected chi connectivity index (χ2v) is 12.9. The molecule has 2 heterocycles. The molecule has 0 aliphatic carbocycles. The van der Waals surface area contributed by atoms with Crippen molar-refractivity contribution in [3.63, 3.8) is 0 Å². The molecule has 1 aliphatic rings. The number of aromatic nitrogens is 1. The summed E-state index contributed by atoms with van der Waals surface area (Å²) in [6, 6.07) is 18.4. The third kappa shape index (κ3) is 6.81. The van der Waals surface area contributed by atoms with Gasteiger partial charge in [0.15, 0.2) is 10.5 Å². The predicted octanol–water partition coefficient (Wildman–Crippen LogP) is 8.04. The van der Waals surface area contributed by atoms with Crippen LogP contribution in [0.5, 0.6) is 11.5 Å². The number of thiazole rings is 1. The standard InChI is InChI=1S/C35H24Cl3F3N2O5S/c1-3-47-33(45)29-30(28-22-7-5-4-6-19(22)9-12-26(28)46-2)43-32(44)27(49-34(43)42-31(29)35(39,40)41)16-20-15-21(36)10-13-25(20)48-17-18-8-11-23(37)24(38)14-18/h4-16,30H,3,17H2,1-2H3/b27-16-/t30-/m0/s1. The van der Waals surface area contributed by atoms with Crippen molar-refractivity contribution in [1.82, 2.24) is 4.57 Å². The number of carbonyl (C=O) groups is 1. The number of rotatable bonds is 8. The lowest BCUT2D eigenvalue weighted by Gasteiger charge is -2.28. The molecule has 7 nitrogen and oxygen atoms in total. The fourth-order valence-electron chi connectivity index (χ4n) is 5.54. The Bertz CT molecular complexity index is 2340. The van der Waals surface area contributed by atoms with Crippen molar-refractivity contribution in [2.24, 2.45) is 4.99 Å². The van der Waals surface area contributed by atoms with E-state index in [1.54, 1.807) is 72.8 Å². The minimum atomic E-state index is -5.08. The first-order valence-corrected chi connectivity index (χ1v) is 16.6. The number of halogens is 6. The van der Waals surface area contributed by atoms with Crippen LogP contribution in [0.1, 0.15) is 29.7 Å². The maximum absolute atomic E-state index is 14.8. The molecule has 1 atom stereocenters. The summed E-state index contributed by atoms with van der Waals surface area (Å²) < 4.78 is 62.2. The molecule has 14 heteroatoms. The second kappa shape index (κ2) is 13.9. The van der Waals surface area contributed by atoms with E-state index in [1.807, 2.05) is 0 Å². The van der Waals surface area contributed by atoms with Crippen molar-refractivity contribution in [2.75, 3.05) is 13.7 Å². The van der Waals surface area contributed by atoms with E-state index in [0.717, 1.165) is 15.9 Å². The number of methoxy groups -OCH3 is 1. The first-order chi connectivity index (χ1) is 23.4. The van der Waals surface area contributed by atoms with Crippen LogP contribution < -0.4 is 24.4 Å². The molecule has 49 heavy (non-hydrogen) atoms. The Morgan fingerprint density at radius 1 is 1.00 bits per heavy atom. The monoisotopic (exact) mass is 746 g/mol. The number of carbonyl (C=O) groups excluding carboxylic acids is 1. The van der Waals surface area contributed by atoms with Crippen LogP contribution >= 0.6 is 46.1 Å². The number of benzene rings is 4. The van der Waals surface area contributed by atoms with Crippen LogP contribution in [0.4, 0.5) is 13.2 Å². The number of esters is 1. The first kappa shape index (κ1) is 34.6. The summed E-state index contributed by atoms with van der Waals surface area (Å²) in [5.41, 5.74) is -1.75. The van der Waals surface area contributed by atoms with Gasteiger partial charge in [-0.25, -0.2) is 9.79 Å². The average molecular weight is 748 g/mol. The van der Waals surface area contributed by atoms with Gasteiger partial charge in [-0.3, -0.25) is 9.36 Å². The van der Waals surface area contributed by atoms with Gasteiger partial charge >= 0.3 is 12.1 Å². The van der Waals surface area contributed by atoms with Crippen LogP contribution in [0, 0.1) is 0 Å².